The maximum Gasteiger partial charge on any atom is 0.368 e. The molecule has 0 aliphatic carbocycles. The van der Waals surface area contributed by atoms with E-state index in [4.69, 9.17) is 0 Å². The first-order chi connectivity index (χ1) is 7.34. The molecule has 0 bridgehead atoms. The van der Waals surface area contributed by atoms with Crippen molar-refractivity contribution in [2.45, 2.75) is 0 Å². The van der Waals surface area contributed by atoms with E-state index in [1.807, 2.05) is 0 Å². The van der Waals surface area contributed by atoms with Crippen LogP contribution in [0.1, 0.15) is 0 Å². The summed E-state index contributed by atoms with van der Waals surface area (Å²) in [6, 6.07) is 5.23. The average molecular weight is 199 g/mol. The number of nitrogens with zero attached hydrogens (tertiary/aromatic N) is 4. The van der Waals surface area contributed by atoms with Crippen molar-refractivity contribution < 1.29 is 0 Å². The molecule has 0 amide bonds. The lowest BCUT2D eigenvalue weighted by atomic mass is 10.2. The third kappa shape index (κ3) is 1.15. The largest absolute Gasteiger partial charge is 0.368 e. The van der Waals surface area contributed by atoms with Gasteiger partial charge in [0.05, 0.1) is 11.0 Å². The summed E-state index contributed by atoms with van der Waals surface area (Å²) in [5.74, 6) is 0. The first kappa shape index (κ1) is 7.98. The van der Waals surface area contributed by atoms with Gasteiger partial charge in [-0.25, -0.2) is 4.79 Å². The molecule has 2 heterocycles. The number of aromatic nitrogens is 5. The zero-order chi connectivity index (χ0) is 10.3. The highest BCUT2D eigenvalue weighted by atomic mass is 16.1. The summed E-state index contributed by atoms with van der Waals surface area (Å²) in [7, 11) is 0. The maximum atomic E-state index is 11.0. The van der Waals surface area contributed by atoms with Gasteiger partial charge in [0.25, 0.3) is 0 Å². The van der Waals surface area contributed by atoms with Crippen LogP contribution in [0.15, 0.2) is 29.2 Å². The van der Waals surface area contributed by atoms with E-state index in [1.54, 1.807) is 24.4 Å². The van der Waals surface area contributed by atoms with E-state index in [1.165, 1.54) is 0 Å². The zero-order valence-electron chi connectivity index (χ0n) is 7.51. The van der Waals surface area contributed by atoms with Gasteiger partial charge in [-0.1, -0.05) is 0 Å². The average Bonchev–Trinajstić information content (AvgIpc) is 2.48. The van der Waals surface area contributed by atoms with E-state index < -0.39 is 5.69 Å². The predicted octanol–water partition coefficient (Wildman–Crippen LogP) is 0.261. The van der Waals surface area contributed by atoms with Crippen molar-refractivity contribution in [1.82, 2.24) is 25.4 Å². The van der Waals surface area contributed by atoms with Crippen LogP contribution >= 0.6 is 0 Å². The minimum atomic E-state index is -0.471. The standard InChI is InChI=1S/C9H5N5O/c15-9-11-7-2-1-6-5(8(7)12-9)3-4-10-14-13-6/h1-4,14H. The van der Waals surface area contributed by atoms with Gasteiger partial charge in [-0.3, -0.25) is 0 Å². The lowest BCUT2D eigenvalue weighted by Crippen LogP contribution is -1.99. The summed E-state index contributed by atoms with van der Waals surface area (Å²) in [6.07, 6.45) is 1.56. The van der Waals surface area contributed by atoms with Crippen molar-refractivity contribution in [3.8, 4) is 0 Å². The summed E-state index contributed by atoms with van der Waals surface area (Å²) in [6.45, 7) is 0. The van der Waals surface area contributed by atoms with Gasteiger partial charge in [0.15, 0.2) is 0 Å². The second kappa shape index (κ2) is 2.81. The van der Waals surface area contributed by atoms with Gasteiger partial charge >= 0.3 is 5.69 Å². The van der Waals surface area contributed by atoms with E-state index >= 15 is 0 Å². The highest BCUT2D eigenvalue weighted by Crippen LogP contribution is 2.17. The number of H-pyrrole nitrogens is 1. The Hall–Kier alpha value is -2.37. The Bertz CT molecular complexity index is 705. The van der Waals surface area contributed by atoms with E-state index in [2.05, 4.69) is 25.4 Å². The molecule has 0 aliphatic heterocycles. The van der Waals surface area contributed by atoms with Crippen LogP contribution in [-0.2, 0) is 0 Å². The van der Waals surface area contributed by atoms with E-state index in [0.29, 0.717) is 16.6 Å². The molecular formula is C9H5N5O. The molecule has 6 heteroatoms. The number of rotatable bonds is 0. The topological polar surface area (TPSA) is 84.4 Å². The first-order valence-electron chi connectivity index (χ1n) is 4.31. The van der Waals surface area contributed by atoms with Crippen molar-refractivity contribution in [2.24, 2.45) is 0 Å². The number of benzene rings is 1. The van der Waals surface area contributed by atoms with Gasteiger partial charge in [-0.05, 0) is 18.2 Å². The summed E-state index contributed by atoms with van der Waals surface area (Å²) < 4.78 is 0. The minimum Gasteiger partial charge on any atom is -0.244 e. The molecule has 0 saturated carbocycles. The third-order valence-electron chi connectivity index (χ3n) is 2.14. The molecule has 0 spiro atoms. The molecule has 0 atom stereocenters. The van der Waals surface area contributed by atoms with Gasteiger partial charge in [-0.15, -0.1) is 0 Å². The summed E-state index contributed by atoms with van der Waals surface area (Å²) >= 11 is 0. The Labute approximate surface area is 83.0 Å². The first-order valence-corrected chi connectivity index (χ1v) is 4.31. The van der Waals surface area contributed by atoms with Gasteiger partial charge < -0.3 is 0 Å². The minimum absolute atomic E-state index is 0.471. The van der Waals surface area contributed by atoms with Crippen LogP contribution in [0, 0.1) is 0 Å². The Morgan fingerprint density at radius 1 is 1.07 bits per heavy atom. The molecule has 1 N–H and O–H groups in total. The van der Waals surface area contributed by atoms with Crippen molar-refractivity contribution in [1.29, 1.82) is 0 Å². The number of imidazole rings is 1. The molecule has 72 valence electrons. The second-order valence-electron chi connectivity index (χ2n) is 3.03. The quantitative estimate of drug-likeness (QED) is 0.561. The number of fused-ring (bicyclic) bond motifs is 3. The number of aromatic amines is 1. The fourth-order valence-corrected chi connectivity index (χ4v) is 1.51. The van der Waals surface area contributed by atoms with E-state index in [9.17, 15) is 4.79 Å². The van der Waals surface area contributed by atoms with Gasteiger partial charge in [0.2, 0.25) is 0 Å². The van der Waals surface area contributed by atoms with Gasteiger partial charge in [0.1, 0.15) is 5.52 Å². The van der Waals surface area contributed by atoms with Crippen LogP contribution < -0.4 is 5.69 Å². The lowest BCUT2D eigenvalue weighted by Gasteiger charge is -1.90. The summed E-state index contributed by atoms with van der Waals surface area (Å²) in [5, 5.41) is 11.0. The number of nitrogens with one attached hydrogen (secondary N) is 1. The van der Waals surface area contributed by atoms with Crippen LogP contribution in [0.5, 0.6) is 0 Å². The van der Waals surface area contributed by atoms with Crippen molar-refractivity contribution >= 4 is 21.9 Å². The Morgan fingerprint density at radius 3 is 2.87 bits per heavy atom. The van der Waals surface area contributed by atoms with Crippen LogP contribution in [0.4, 0.5) is 0 Å². The highest BCUT2D eigenvalue weighted by molar-refractivity contribution is 6.01. The van der Waals surface area contributed by atoms with Crippen LogP contribution in [0.25, 0.3) is 21.9 Å². The number of hydrogen-bond donors (Lipinski definition) is 1. The zero-order valence-corrected chi connectivity index (χ0v) is 7.51. The molecule has 6 nitrogen and oxygen atoms in total. The van der Waals surface area contributed by atoms with Gasteiger partial charge in [0, 0.05) is 11.6 Å². The smallest absolute Gasteiger partial charge is 0.244 e. The summed E-state index contributed by atoms with van der Waals surface area (Å²) in [5.41, 5.74) is 1.37. The van der Waals surface area contributed by atoms with Crippen molar-refractivity contribution in [3.63, 3.8) is 0 Å². The molecule has 1 aromatic carbocycles. The predicted molar refractivity (Wildman–Crippen MR) is 53.3 cm³/mol. The molecule has 15 heavy (non-hydrogen) atoms. The van der Waals surface area contributed by atoms with Gasteiger partial charge in [-0.2, -0.15) is 25.4 Å². The van der Waals surface area contributed by atoms with E-state index in [-0.39, 0.29) is 0 Å². The third-order valence-corrected chi connectivity index (χ3v) is 2.14. The molecular weight excluding hydrogens is 194 g/mol. The molecule has 3 rings (SSSR count). The van der Waals surface area contributed by atoms with E-state index in [0.717, 1.165) is 5.39 Å². The fraction of sp³-hybridized carbons (Fsp3) is 0. The molecule has 0 aliphatic rings. The Kier molecular flexibility index (Phi) is 1.49. The molecule has 2 aromatic heterocycles. The molecule has 0 unspecified atom stereocenters. The normalized spacial score (nSPS) is 10.9. The Balaban J connectivity index is 2.65. The monoisotopic (exact) mass is 199 g/mol. The van der Waals surface area contributed by atoms with Crippen LogP contribution in [-0.4, -0.2) is 25.4 Å². The molecule has 0 fully saturated rings. The summed E-state index contributed by atoms with van der Waals surface area (Å²) in [4.78, 5) is 18.6. The van der Waals surface area contributed by atoms with Crippen LogP contribution in [0.3, 0.4) is 0 Å². The van der Waals surface area contributed by atoms with Crippen LogP contribution in [0.2, 0.25) is 0 Å². The molecule has 3 aromatic rings. The lowest BCUT2D eigenvalue weighted by molar-refractivity contribution is 0.908. The maximum absolute atomic E-state index is 11.0. The van der Waals surface area contributed by atoms with Crippen molar-refractivity contribution in [2.75, 3.05) is 0 Å². The highest BCUT2D eigenvalue weighted by Gasteiger charge is 2.05. The fourth-order valence-electron chi connectivity index (χ4n) is 1.51. The number of hydrogen-bond acceptors (Lipinski definition) is 5. The molecule has 0 saturated heterocycles. The van der Waals surface area contributed by atoms with Crippen molar-refractivity contribution in [3.05, 3.63) is 34.9 Å². The molecule has 0 radical (unpaired) electrons. The second-order valence-corrected chi connectivity index (χ2v) is 3.03. The Morgan fingerprint density at radius 2 is 1.93 bits per heavy atom. The SMILES string of the molecule is O=c1nc2ccc3n[nH]nccc3c2n1.